The maximum Gasteiger partial charge on any atom is 0.433 e. The molecule has 1 saturated heterocycles. The second kappa shape index (κ2) is 12.0. The van der Waals surface area contributed by atoms with E-state index in [0.717, 1.165) is 26.2 Å². The van der Waals surface area contributed by atoms with E-state index < -0.39 is 16.9 Å². The van der Waals surface area contributed by atoms with Crippen LogP contribution >= 0.6 is 0 Å². The molecule has 0 unspecified atom stereocenters. The summed E-state index contributed by atoms with van der Waals surface area (Å²) in [5.41, 5.74) is 2.37. The van der Waals surface area contributed by atoms with Gasteiger partial charge in [-0.25, -0.2) is 15.0 Å². The number of hydrogen-bond donors (Lipinski definition) is 3. The van der Waals surface area contributed by atoms with Gasteiger partial charge in [-0.15, -0.1) is 0 Å². The monoisotopic (exact) mass is 411 g/mol. The fraction of sp³-hybridized carbons (Fsp3) is 0.375. The summed E-state index contributed by atoms with van der Waals surface area (Å²) in [4.78, 5) is 44.8. The van der Waals surface area contributed by atoms with E-state index in [-0.39, 0.29) is 24.1 Å². The number of aliphatic carboxylic acids is 2. The minimum atomic E-state index is -1.26. The summed E-state index contributed by atoms with van der Waals surface area (Å²) in [6, 6.07) is 2.64. The average Bonchev–Trinajstić information content (AvgIpc) is 3.12. The lowest BCUT2D eigenvalue weighted by atomic mass is 10.3. The van der Waals surface area contributed by atoms with Crippen LogP contribution in [0.3, 0.4) is 0 Å². The number of furan rings is 1. The van der Waals surface area contributed by atoms with Gasteiger partial charge in [0, 0.05) is 38.3 Å². The first-order valence-corrected chi connectivity index (χ1v) is 8.28. The highest BCUT2D eigenvalue weighted by Crippen LogP contribution is 2.13. The lowest BCUT2D eigenvalue weighted by Crippen LogP contribution is -2.47. The normalized spacial score (nSPS) is 15.1. The number of rotatable bonds is 7. The van der Waals surface area contributed by atoms with E-state index in [0.29, 0.717) is 12.2 Å². The summed E-state index contributed by atoms with van der Waals surface area (Å²) in [5, 5.41) is 29.8. The summed E-state index contributed by atoms with van der Waals surface area (Å²) in [6.07, 6.45) is 2.35. The van der Waals surface area contributed by atoms with Crippen molar-refractivity contribution in [2.45, 2.75) is 0 Å². The Morgan fingerprint density at radius 3 is 2.28 bits per heavy atom. The highest BCUT2D eigenvalue weighted by molar-refractivity contribution is 5.89. The maximum atomic E-state index is 11.7. The van der Waals surface area contributed by atoms with Crippen LogP contribution in [0.4, 0.5) is 5.88 Å². The van der Waals surface area contributed by atoms with Gasteiger partial charge in [-0.2, -0.15) is 5.10 Å². The molecule has 1 fully saturated rings. The van der Waals surface area contributed by atoms with E-state index in [1.54, 1.807) is 0 Å². The first kappa shape index (κ1) is 23.5. The molecule has 0 bridgehead atoms. The quantitative estimate of drug-likeness (QED) is 0.231. The molecule has 3 N–H and O–H groups in total. The summed E-state index contributed by atoms with van der Waals surface area (Å²) in [7, 11) is 2.05. The minimum absolute atomic E-state index is 0.210. The van der Waals surface area contributed by atoms with Crippen LogP contribution in [0.25, 0.3) is 0 Å². The van der Waals surface area contributed by atoms with Crippen molar-refractivity contribution in [3.8, 4) is 0 Å². The molecule has 0 saturated carbocycles. The molecule has 0 aromatic carbocycles. The van der Waals surface area contributed by atoms with Gasteiger partial charge in [0.15, 0.2) is 5.76 Å². The highest BCUT2D eigenvalue weighted by atomic mass is 16.6. The van der Waals surface area contributed by atoms with Crippen LogP contribution < -0.4 is 5.43 Å². The maximum absolute atomic E-state index is 11.7. The predicted octanol–water partition coefficient (Wildman–Crippen LogP) is -0.403. The molecule has 13 heteroatoms. The van der Waals surface area contributed by atoms with E-state index in [1.807, 2.05) is 11.9 Å². The van der Waals surface area contributed by atoms with Crippen molar-refractivity contribution in [3.05, 3.63) is 40.2 Å². The zero-order valence-electron chi connectivity index (χ0n) is 15.6. The standard InChI is InChI=1S/C12H17N5O4.C4H4O4/c1-15-4-6-16(7-5-15)9-11(18)14-13-8-10-2-3-12(21-10)17(19)20;5-3(6)1-2-4(7)8/h2-3,8H,4-7,9H2,1H3,(H,14,18);1-2H,(H,5,6)(H,7,8)/b13-8+;2-1-. The van der Waals surface area contributed by atoms with Gasteiger partial charge in [0.25, 0.3) is 5.91 Å². The molecule has 2 heterocycles. The lowest BCUT2D eigenvalue weighted by Gasteiger charge is -2.31. The van der Waals surface area contributed by atoms with Crippen molar-refractivity contribution >= 4 is 29.9 Å². The van der Waals surface area contributed by atoms with Crippen LogP contribution in [0.2, 0.25) is 0 Å². The molecule has 13 nitrogen and oxygen atoms in total. The molecule has 1 amide bonds. The number of carboxylic acids is 2. The van der Waals surface area contributed by atoms with Gasteiger partial charge >= 0.3 is 17.8 Å². The van der Waals surface area contributed by atoms with Crippen molar-refractivity contribution in [3.63, 3.8) is 0 Å². The molecule has 0 atom stereocenters. The van der Waals surface area contributed by atoms with Crippen molar-refractivity contribution in [1.29, 1.82) is 0 Å². The first-order chi connectivity index (χ1) is 13.7. The van der Waals surface area contributed by atoms with Crippen molar-refractivity contribution in [1.82, 2.24) is 15.2 Å². The number of carbonyl (C=O) groups is 3. The van der Waals surface area contributed by atoms with Crippen molar-refractivity contribution in [2.24, 2.45) is 5.10 Å². The molecule has 0 radical (unpaired) electrons. The number of hydrazone groups is 1. The van der Waals surface area contributed by atoms with Crippen LogP contribution in [0, 0.1) is 10.1 Å². The second-order valence-electron chi connectivity index (χ2n) is 5.82. The van der Waals surface area contributed by atoms with E-state index in [9.17, 15) is 24.5 Å². The molecule has 0 aliphatic carbocycles. The van der Waals surface area contributed by atoms with Gasteiger partial charge in [0.1, 0.15) is 4.92 Å². The Morgan fingerprint density at radius 1 is 1.21 bits per heavy atom. The number of likely N-dealkylation sites (N-methyl/N-ethyl adjacent to an activating group) is 1. The molecule has 1 aromatic heterocycles. The van der Waals surface area contributed by atoms with Gasteiger partial charge in [0.2, 0.25) is 0 Å². The third-order valence-electron chi connectivity index (χ3n) is 3.51. The second-order valence-corrected chi connectivity index (χ2v) is 5.82. The predicted molar refractivity (Wildman–Crippen MR) is 99.4 cm³/mol. The molecule has 2 rings (SSSR count). The Kier molecular flexibility index (Phi) is 9.70. The molecule has 1 aliphatic heterocycles. The van der Waals surface area contributed by atoms with E-state index in [2.05, 4.69) is 15.4 Å². The lowest BCUT2D eigenvalue weighted by molar-refractivity contribution is -0.402. The number of amides is 1. The van der Waals surface area contributed by atoms with E-state index >= 15 is 0 Å². The van der Waals surface area contributed by atoms with Gasteiger partial charge in [0.05, 0.1) is 18.8 Å². The molecule has 0 spiro atoms. The van der Waals surface area contributed by atoms with Crippen LogP contribution in [0.1, 0.15) is 5.76 Å². The van der Waals surface area contributed by atoms with Gasteiger partial charge in [-0.1, -0.05) is 0 Å². The summed E-state index contributed by atoms with van der Waals surface area (Å²) >= 11 is 0. The number of carboxylic acid groups (broad SMARTS) is 2. The largest absolute Gasteiger partial charge is 0.478 e. The molecule has 1 aromatic rings. The summed E-state index contributed by atoms with van der Waals surface area (Å²) in [6.45, 7) is 3.85. The molecule has 1 aliphatic rings. The topological polar surface area (TPSA) is 179 Å². The first-order valence-electron chi connectivity index (χ1n) is 8.28. The molecular formula is C16H21N5O8. The fourth-order valence-corrected chi connectivity index (χ4v) is 2.06. The number of piperazine rings is 1. The Bertz CT molecular complexity index is 764. The summed E-state index contributed by atoms with van der Waals surface area (Å²) in [5.74, 6) is -2.89. The van der Waals surface area contributed by atoms with Crippen molar-refractivity contribution < 1.29 is 33.9 Å². The molecular weight excluding hydrogens is 390 g/mol. The Balaban J connectivity index is 0.000000447. The molecule has 29 heavy (non-hydrogen) atoms. The van der Waals surface area contributed by atoms with Crippen LogP contribution in [-0.4, -0.2) is 88.8 Å². The number of nitro groups is 1. The number of carbonyl (C=O) groups excluding carboxylic acids is 1. The average molecular weight is 411 g/mol. The third-order valence-corrected chi connectivity index (χ3v) is 3.51. The zero-order valence-corrected chi connectivity index (χ0v) is 15.6. The number of nitrogens with one attached hydrogen (secondary N) is 1. The zero-order chi connectivity index (χ0) is 21.8. The van der Waals surface area contributed by atoms with Crippen LogP contribution in [0.15, 0.2) is 33.8 Å². The van der Waals surface area contributed by atoms with Crippen LogP contribution in [-0.2, 0) is 14.4 Å². The fourth-order valence-electron chi connectivity index (χ4n) is 2.06. The molecule has 158 valence electrons. The van der Waals surface area contributed by atoms with E-state index in [1.165, 1.54) is 18.3 Å². The van der Waals surface area contributed by atoms with Crippen LogP contribution in [0.5, 0.6) is 0 Å². The SMILES string of the molecule is CN1CCN(CC(=O)N/N=C/c2ccc([N+](=O)[O-])o2)CC1.O=C(O)/C=C\C(=O)O. The Morgan fingerprint density at radius 2 is 1.79 bits per heavy atom. The number of hydrogen-bond acceptors (Lipinski definition) is 9. The van der Waals surface area contributed by atoms with Gasteiger partial charge in [-0.05, 0) is 13.1 Å². The smallest absolute Gasteiger partial charge is 0.433 e. The van der Waals surface area contributed by atoms with Gasteiger partial charge < -0.3 is 19.5 Å². The van der Waals surface area contributed by atoms with Gasteiger partial charge in [-0.3, -0.25) is 19.8 Å². The highest BCUT2D eigenvalue weighted by Gasteiger charge is 2.16. The number of nitrogens with zero attached hydrogens (tertiary/aromatic N) is 4. The van der Waals surface area contributed by atoms with Crippen molar-refractivity contribution in [2.75, 3.05) is 39.8 Å². The minimum Gasteiger partial charge on any atom is -0.478 e. The van der Waals surface area contributed by atoms with E-state index in [4.69, 9.17) is 14.6 Å². The summed E-state index contributed by atoms with van der Waals surface area (Å²) < 4.78 is 4.87. The third kappa shape index (κ3) is 10.4. The Labute approximate surface area is 165 Å². The Hall–Kier alpha value is -3.58.